The van der Waals surface area contributed by atoms with E-state index in [1.54, 1.807) is 25.1 Å². The molecule has 1 aromatic carbocycles. The first kappa shape index (κ1) is 16.6. The van der Waals surface area contributed by atoms with Crippen LogP contribution in [0.2, 0.25) is 10.0 Å². The largest absolute Gasteiger partial charge is 0.387 e. The van der Waals surface area contributed by atoms with Gasteiger partial charge in [0.2, 0.25) is 5.91 Å². The van der Waals surface area contributed by atoms with Crippen molar-refractivity contribution in [2.75, 3.05) is 18.6 Å². The van der Waals surface area contributed by atoms with E-state index in [1.165, 1.54) is 11.8 Å². The minimum atomic E-state index is -0.917. The van der Waals surface area contributed by atoms with Gasteiger partial charge in [-0.2, -0.15) is 11.8 Å². The maximum Gasteiger partial charge on any atom is 0.224 e. The lowest BCUT2D eigenvalue weighted by molar-refractivity contribution is -0.121. The van der Waals surface area contributed by atoms with Crippen LogP contribution in [0.15, 0.2) is 18.2 Å². The quantitative estimate of drug-likeness (QED) is 0.847. The van der Waals surface area contributed by atoms with Crippen LogP contribution in [0.4, 0.5) is 0 Å². The van der Waals surface area contributed by atoms with Gasteiger partial charge in [0.1, 0.15) is 0 Å². The summed E-state index contributed by atoms with van der Waals surface area (Å²) < 4.78 is 0. The molecule has 1 atom stereocenters. The van der Waals surface area contributed by atoms with Crippen LogP contribution in [0.25, 0.3) is 0 Å². The van der Waals surface area contributed by atoms with Gasteiger partial charge in [-0.05, 0) is 30.9 Å². The van der Waals surface area contributed by atoms with Crippen molar-refractivity contribution in [1.29, 1.82) is 0 Å². The number of thioether (sulfide) groups is 1. The molecule has 0 aliphatic carbocycles. The van der Waals surface area contributed by atoms with Gasteiger partial charge in [0.15, 0.2) is 0 Å². The van der Waals surface area contributed by atoms with Crippen molar-refractivity contribution < 1.29 is 9.90 Å². The van der Waals surface area contributed by atoms with E-state index in [-0.39, 0.29) is 18.9 Å². The minimum Gasteiger partial charge on any atom is -0.387 e. The molecule has 2 N–H and O–H groups in total. The monoisotopic (exact) mass is 321 g/mol. The Morgan fingerprint density at radius 2 is 2.00 bits per heavy atom. The summed E-state index contributed by atoms with van der Waals surface area (Å²) in [7, 11) is 0. The second-order valence-electron chi connectivity index (χ2n) is 4.58. The van der Waals surface area contributed by atoms with E-state index in [0.29, 0.717) is 21.4 Å². The fourth-order valence-corrected chi connectivity index (χ4v) is 2.83. The van der Waals surface area contributed by atoms with Crippen molar-refractivity contribution in [3.05, 3.63) is 33.8 Å². The average molecular weight is 322 g/mol. The summed E-state index contributed by atoms with van der Waals surface area (Å²) in [5.41, 5.74) is -0.313. The molecule has 0 aliphatic rings. The zero-order valence-electron chi connectivity index (χ0n) is 10.9. The van der Waals surface area contributed by atoms with Crippen LogP contribution in [-0.2, 0) is 11.2 Å². The van der Waals surface area contributed by atoms with Gasteiger partial charge in [0.25, 0.3) is 0 Å². The first-order valence-corrected chi connectivity index (χ1v) is 7.91. The van der Waals surface area contributed by atoms with Crippen LogP contribution in [0.5, 0.6) is 0 Å². The molecule has 0 spiro atoms. The number of hydrogen-bond acceptors (Lipinski definition) is 3. The maximum absolute atomic E-state index is 11.8. The predicted molar refractivity (Wildman–Crippen MR) is 82.2 cm³/mol. The third kappa shape index (κ3) is 5.61. The van der Waals surface area contributed by atoms with Crippen LogP contribution in [0.1, 0.15) is 12.5 Å². The van der Waals surface area contributed by atoms with E-state index >= 15 is 0 Å². The summed E-state index contributed by atoms with van der Waals surface area (Å²) >= 11 is 13.5. The number of rotatable bonds is 6. The summed E-state index contributed by atoms with van der Waals surface area (Å²) in [6.07, 6.45) is 2.01. The summed E-state index contributed by atoms with van der Waals surface area (Å²) in [6.45, 7) is 1.89. The Morgan fingerprint density at radius 1 is 1.42 bits per heavy atom. The van der Waals surface area contributed by atoms with Crippen LogP contribution in [-0.4, -0.2) is 35.2 Å². The van der Waals surface area contributed by atoms with E-state index in [4.69, 9.17) is 23.2 Å². The first-order chi connectivity index (χ1) is 8.85. The Hall–Kier alpha value is -0.420. The fourth-order valence-electron chi connectivity index (χ4n) is 1.58. The van der Waals surface area contributed by atoms with E-state index in [9.17, 15) is 9.90 Å². The van der Waals surface area contributed by atoms with Crippen LogP contribution in [0.3, 0.4) is 0 Å². The van der Waals surface area contributed by atoms with Gasteiger partial charge < -0.3 is 10.4 Å². The Kier molecular flexibility index (Phi) is 6.47. The Bertz CT molecular complexity index is 432. The van der Waals surface area contributed by atoms with Crippen molar-refractivity contribution >= 4 is 40.9 Å². The molecule has 0 aromatic heterocycles. The van der Waals surface area contributed by atoms with Gasteiger partial charge in [0.05, 0.1) is 12.0 Å². The highest BCUT2D eigenvalue weighted by Crippen LogP contribution is 2.24. The van der Waals surface area contributed by atoms with Crippen molar-refractivity contribution in [3.8, 4) is 0 Å². The van der Waals surface area contributed by atoms with Crippen molar-refractivity contribution in [3.63, 3.8) is 0 Å². The topological polar surface area (TPSA) is 49.3 Å². The summed E-state index contributed by atoms with van der Waals surface area (Å²) in [4.78, 5) is 11.8. The zero-order valence-corrected chi connectivity index (χ0v) is 13.2. The summed E-state index contributed by atoms with van der Waals surface area (Å²) in [5, 5.41) is 13.6. The van der Waals surface area contributed by atoms with Gasteiger partial charge in [-0.25, -0.2) is 0 Å². The fraction of sp³-hybridized carbons (Fsp3) is 0.462. The zero-order chi connectivity index (χ0) is 14.5. The second-order valence-corrected chi connectivity index (χ2v) is 6.26. The molecule has 19 heavy (non-hydrogen) atoms. The molecule has 1 aromatic rings. The molecule has 0 saturated carbocycles. The SMILES string of the molecule is CSCC(C)(O)CNC(=O)Cc1c(Cl)cccc1Cl. The lowest BCUT2D eigenvalue weighted by Crippen LogP contribution is -2.42. The third-order valence-electron chi connectivity index (χ3n) is 2.52. The van der Waals surface area contributed by atoms with Crippen LogP contribution >= 0.6 is 35.0 Å². The normalized spacial score (nSPS) is 13.9. The lowest BCUT2D eigenvalue weighted by Gasteiger charge is -2.22. The molecule has 0 radical (unpaired) electrons. The third-order valence-corrected chi connectivity index (χ3v) is 4.14. The molecule has 1 amide bonds. The molecule has 0 aliphatic heterocycles. The van der Waals surface area contributed by atoms with Gasteiger partial charge >= 0.3 is 0 Å². The smallest absolute Gasteiger partial charge is 0.224 e. The molecule has 0 saturated heterocycles. The Morgan fingerprint density at radius 3 is 2.53 bits per heavy atom. The van der Waals surface area contributed by atoms with Crippen LogP contribution < -0.4 is 5.32 Å². The number of benzene rings is 1. The molecular formula is C13H17Cl2NO2S. The molecular weight excluding hydrogens is 305 g/mol. The predicted octanol–water partition coefficient (Wildman–Crippen LogP) is 2.77. The van der Waals surface area contributed by atoms with Gasteiger partial charge in [-0.1, -0.05) is 29.3 Å². The van der Waals surface area contributed by atoms with Crippen LogP contribution in [0, 0.1) is 0 Å². The highest BCUT2D eigenvalue weighted by Gasteiger charge is 2.21. The average Bonchev–Trinajstić information content (AvgIpc) is 2.32. The molecule has 0 heterocycles. The number of hydrogen-bond donors (Lipinski definition) is 2. The number of halogens is 2. The molecule has 0 fully saturated rings. The van der Waals surface area contributed by atoms with Crippen molar-refractivity contribution in [2.45, 2.75) is 18.9 Å². The summed E-state index contributed by atoms with van der Waals surface area (Å²) in [5.74, 6) is 0.344. The summed E-state index contributed by atoms with van der Waals surface area (Å²) in [6, 6.07) is 5.12. The highest BCUT2D eigenvalue weighted by atomic mass is 35.5. The number of carbonyl (C=O) groups excluding carboxylic acids is 1. The number of nitrogens with one attached hydrogen (secondary N) is 1. The standard InChI is InChI=1S/C13H17Cl2NO2S/c1-13(18,8-19-2)7-16-12(17)6-9-10(14)4-3-5-11(9)15/h3-5,18H,6-8H2,1-2H3,(H,16,17). The molecule has 1 rings (SSSR count). The van der Waals surface area contributed by atoms with Crippen molar-refractivity contribution in [2.24, 2.45) is 0 Å². The first-order valence-electron chi connectivity index (χ1n) is 5.76. The molecule has 0 bridgehead atoms. The van der Waals surface area contributed by atoms with E-state index in [2.05, 4.69) is 5.32 Å². The highest BCUT2D eigenvalue weighted by molar-refractivity contribution is 7.98. The minimum absolute atomic E-state index is 0.105. The second kappa shape index (κ2) is 7.39. The number of carbonyl (C=O) groups is 1. The van der Waals surface area contributed by atoms with Gasteiger partial charge in [-0.15, -0.1) is 0 Å². The molecule has 6 heteroatoms. The Balaban J connectivity index is 2.57. The van der Waals surface area contributed by atoms with Gasteiger partial charge in [0, 0.05) is 22.3 Å². The Labute approximate surface area is 127 Å². The van der Waals surface area contributed by atoms with E-state index < -0.39 is 5.60 Å². The van der Waals surface area contributed by atoms with Crippen molar-refractivity contribution in [1.82, 2.24) is 5.32 Å². The molecule has 1 unspecified atom stereocenters. The van der Waals surface area contributed by atoms with E-state index in [0.717, 1.165) is 0 Å². The number of amides is 1. The van der Waals surface area contributed by atoms with E-state index in [1.807, 2.05) is 6.26 Å². The lowest BCUT2D eigenvalue weighted by atomic mass is 10.1. The molecule has 3 nitrogen and oxygen atoms in total. The molecule has 106 valence electrons. The maximum atomic E-state index is 11.8. The number of aliphatic hydroxyl groups is 1. The van der Waals surface area contributed by atoms with Gasteiger partial charge in [-0.3, -0.25) is 4.79 Å².